The summed E-state index contributed by atoms with van der Waals surface area (Å²) >= 11 is 0. The Morgan fingerprint density at radius 2 is 2.24 bits per heavy atom. The third kappa shape index (κ3) is 2.80. The fourth-order valence-electron chi connectivity index (χ4n) is 3.33. The van der Waals surface area contributed by atoms with Crippen molar-refractivity contribution >= 4 is 5.97 Å². The summed E-state index contributed by atoms with van der Waals surface area (Å²) < 4.78 is 5.63. The molecule has 1 aliphatic heterocycles. The van der Waals surface area contributed by atoms with Crippen molar-refractivity contribution in [3.63, 3.8) is 0 Å². The lowest BCUT2D eigenvalue weighted by Gasteiger charge is -2.40. The van der Waals surface area contributed by atoms with Crippen LogP contribution in [0.3, 0.4) is 0 Å². The molecule has 0 unspecified atom stereocenters. The Hall–Kier alpha value is -0.610. The number of rotatable bonds is 3. The summed E-state index contributed by atoms with van der Waals surface area (Å²) in [6, 6.07) is 0.0922. The monoisotopic (exact) mass is 241 g/mol. The van der Waals surface area contributed by atoms with Crippen LogP contribution in [0, 0.1) is 5.92 Å². The van der Waals surface area contributed by atoms with Crippen molar-refractivity contribution < 1.29 is 14.6 Å². The fourth-order valence-corrected chi connectivity index (χ4v) is 3.33. The summed E-state index contributed by atoms with van der Waals surface area (Å²) in [5, 5.41) is 9.33. The molecule has 1 N–H and O–H groups in total. The number of aliphatic carboxylic acids is 1. The molecular weight excluding hydrogens is 218 g/mol. The highest BCUT2D eigenvalue weighted by Crippen LogP contribution is 2.32. The third-order valence-corrected chi connectivity index (χ3v) is 4.19. The van der Waals surface area contributed by atoms with E-state index in [9.17, 15) is 9.90 Å². The van der Waals surface area contributed by atoms with Gasteiger partial charge in [0.2, 0.25) is 0 Å². The molecule has 17 heavy (non-hydrogen) atoms. The van der Waals surface area contributed by atoms with Crippen molar-refractivity contribution in [1.82, 2.24) is 4.90 Å². The maximum absolute atomic E-state index is 11.3. The Kier molecular flexibility index (Phi) is 4.40. The van der Waals surface area contributed by atoms with Gasteiger partial charge in [-0.3, -0.25) is 9.69 Å². The number of nitrogens with zero attached hydrogens (tertiary/aromatic N) is 1. The largest absolute Gasteiger partial charge is 0.480 e. The second kappa shape index (κ2) is 5.83. The van der Waals surface area contributed by atoms with Crippen molar-refractivity contribution in [2.75, 3.05) is 19.8 Å². The van der Waals surface area contributed by atoms with E-state index >= 15 is 0 Å². The van der Waals surface area contributed by atoms with Crippen LogP contribution in [0.15, 0.2) is 0 Å². The maximum atomic E-state index is 11.3. The molecule has 2 aliphatic rings. The SMILES string of the molecule is CC[C@H](C(=O)O)N1CCOC[C@H]2CCCC[C@@H]21. The number of fused-ring (bicyclic) bond motifs is 1. The molecule has 0 amide bonds. The van der Waals surface area contributed by atoms with Crippen molar-refractivity contribution in [3.8, 4) is 0 Å². The number of carbonyl (C=O) groups is 1. The quantitative estimate of drug-likeness (QED) is 0.817. The average molecular weight is 241 g/mol. The first kappa shape index (κ1) is 12.8. The first-order valence-electron chi connectivity index (χ1n) is 6.80. The first-order chi connectivity index (χ1) is 8.24. The summed E-state index contributed by atoms with van der Waals surface area (Å²) in [6.45, 7) is 4.22. The van der Waals surface area contributed by atoms with Crippen molar-refractivity contribution in [2.24, 2.45) is 5.92 Å². The van der Waals surface area contributed by atoms with Gasteiger partial charge in [-0.05, 0) is 25.2 Å². The lowest BCUT2D eigenvalue weighted by molar-refractivity contribution is -0.145. The van der Waals surface area contributed by atoms with Gasteiger partial charge in [0, 0.05) is 12.6 Å². The van der Waals surface area contributed by atoms with Gasteiger partial charge in [-0.15, -0.1) is 0 Å². The predicted octanol–water partition coefficient (Wildman–Crippen LogP) is 1.74. The molecule has 1 heterocycles. The molecule has 4 nitrogen and oxygen atoms in total. The van der Waals surface area contributed by atoms with Crippen molar-refractivity contribution in [2.45, 2.75) is 51.1 Å². The fraction of sp³-hybridized carbons (Fsp3) is 0.923. The molecule has 0 spiro atoms. The number of hydrogen-bond donors (Lipinski definition) is 1. The lowest BCUT2D eigenvalue weighted by Crippen LogP contribution is -2.51. The van der Waals surface area contributed by atoms with Crippen LogP contribution < -0.4 is 0 Å². The summed E-state index contributed by atoms with van der Waals surface area (Å²) in [6.07, 6.45) is 5.50. The predicted molar refractivity (Wildman–Crippen MR) is 65.0 cm³/mol. The van der Waals surface area contributed by atoms with Gasteiger partial charge in [0.05, 0.1) is 13.2 Å². The van der Waals surface area contributed by atoms with Gasteiger partial charge < -0.3 is 9.84 Å². The summed E-state index contributed by atoms with van der Waals surface area (Å²) in [4.78, 5) is 13.5. The van der Waals surface area contributed by atoms with E-state index in [4.69, 9.17) is 4.74 Å². The van der Waals surface area contributed by atoms with Gasteiger partial charge in [0.1, 0.15) is 6.04 Å². The van der Waals surface area contributed by atoms with Gasteiger partial charge >= 0.3 is 5.97 Å². The molecule has 2 fully saturated rings. The highest BCUT2D eigenvalue weighted by molar-refractivity contribution is 5.73. The lowest BCUT2D eigenvalue weighted by atomic mass is 9.83. The summed E-state index contributed by atoms with van der Waals surface area (Å²) in [7, 11) is 0. The summed E-state index contributed by atoms with van der Waals surface area (Å²) in [5.74, 6) is -0.140. The van der Waals surface area contributed by atoms with E-state index in [2.05, 4.69) is 4.90 Å². The highest BCUT2D eigenvalue weighted by atomic mass is 16.5. The van der Waals surface area contributed by atoms with E-state index in [1.165, 1.54) is 19.3 Å². The zero-order chi connectivity index (χ0) is 12.3. The second-order valence-electron chi connectivity index (χ2n) is 5.19. The van der Waals surface area contributed by atoms with Crippen LogP contribution in [-0.2, 0) is 9.53 Å². The van der Waals surface area contributed by atoms with Crippen LogP contribution in [0.5, 0.6) is 0 Å². The standard InChI is InChI=1S/C13H23NO3/c1-2-11(13(15)16)14-7-8-17-9-10-5-3-4-6-12(10)14/h10-12H,2-9H2,1H3,(H,15,16)/t10-,11-,12+/m1/s1. The number of hydrogen-bond acceptors (Lipinski definition) is 3. The molecule has 1 saturated carbocycles. The zero-order valence-corrected chi connectivity index (χ0v) is 10.6. The molecule has 0 aromatic carbocycles. The Labute approximate surface area is 103 Å². The van der Waals surface area contributed by atoms with Gasteiger partial charge in [-0.2, -0.15) is 0 Å². The Balaban J connectivity index is 2.14. The Morgan fingerprint density at radius 3 is 2.94 bits per heavy atom. The minimum absolute atomic E-state index is 0.331. The molecule has 98 valence electrons. The normalized spacial score (nSPS) is 32.5. The second-order valence-corrected chi connectivity index (χ2v) is 5.19. The van der Waals surface area contributed by atoms with E-state index in [0.717, 1.165) is 19.6 Å². The van der Waals surface area contributed by atoms with E-state index in [-0.39, 0.29) is 6.04 Å². The molecule has 2 rings (SSSR count). The summed E-state index contributed by atoms with van der Waals surface area (Å²) in [5.41, 5.74) is 0. The molecule has 0 radical (unpaired) electrons. The molecule has 3 atom stereocenters. The molecule has 0 aromatic rings. The Morgan fingerprint density at radius 1 is 1.47 bits per heavy atom. The topological polar surface area (TPSA) is 49.8 Å². The van der Waals surface area contributed by atoms with Crippen LogP contribution in [0.2, 0.25) is 0 Å². The van der Waals surface area contributed by atoms with E-state index < -0.39 is 5.97 Å². The van der Waals surface area contributed by atoms with Crippen LogP contribution >= 0.6 is 0 Å². The van der Waals surface area contributed by atoms with E-state index in [1.54, 1.807) is 0 Å². The van der Waals surface area contributed by atoms with Crippen molar-refractivity contribution in [1.29, 1.82) is 0 Å². The molecular formula is C13H23NO3. The van der Waals surface area contributed by atoms with Crippen LogP contribution in [0.4, 0.5) is 0 Å². The molecule has 0 bridgehead atoms. The van der Waals surface area contributed by atoms with Gasteiger partial charge in [0.25, 0.3) is 0 Å². The molecule has 0 aromatic heterocycles. The van der Waals surface area contributed by atoms with Gasteiger partial charge in [-0.25, -0.2) is 0 Å². The smallest absolute Gasteiger partial charge is 0.320 e. The molecule has 4 heteroatoms. The number of ether oxygens (including phenoxy) is 1. The first-order valence-corrected chi connectivity index (χ1v) is 6.80. The third-order valence-electron chi connectivity index (χ3n) is 4.19. The van der Waals surface area contributed by atoms with Crippen LogP contribution in [0.1, 0.15) is 39.0 Å². The van der Waals surface area contributed by atoms with Gasteiger partial charge in [0.15, 0.2) is 0 Å². The van der Waals surface area contributed by atoms with E-state index in [0.29, 0.717) is 25.0 Å². The van der Waals surface area contributed by atoms with Crippen molar-refractivity contribution in [3.05, 3.63) is 0 Å². The number of carboxylic acids is 1. The Bertz CT molecular complexity index is 269. The van der Waals surface area contributed by atoms with Crippen LogP contribution in [-0.4, -0.2) is 47.8 Å². The average Bonchev–Trinajstić information content (AvgIpc) is 2.53. The number of carboxylic acid groups (broad SMARTS) is 1. The minimum Gasteiger partial charge on any atom is -0.480 e. The minimum atomic E-state index is -0.682. The van der Waals surface area contributed by atoms with Crippen LogP contribution in [0.25, 0.3) is 0 Å². The zero-order valence-electron chi connectivity index (χ0n) is 10.6. The molecule has 1 saturated heterocycles. The highest BCUT2D eigenvalue weighted by Gasteiger charge is 2.37. The molecule has 1 aliphatic carbocycles. The maximum Gasteiger partial charge on any atom is 0.320 e. The van der Waals surface area contributed by atoms with E-state index in [1.807, 2.05) is 6.92 Å². The van der Waals surface area contributed by atoms with Gasteiger partial charge in [-0.1, -0.05) is 19.8 Å².